The van der Waals surface area contributed by atoms with Gasteiger partial charge in [0.2, 0.25) is 5.91 Å². The number of likely N-dealkylation sites (tertiary alicyclic amines) is 1. The number of carbonyl (C=O) groups is 2. The normalized spacial score (nSPS) is 15.5. The number of nitrogens with one attached hydrogen (secondary N) is 1. The van der Waals surface area contributed by atoms with Gasteiger partial charge in [-0.2, -0.15) is 13.2 Å². The highest BCUT2D eigenvalue weighted by molar-refractivity contribution is 5.91. The standard InChI is InChI=1S/C20H21F3N2O3/c21-20(22,23)16-5-3-14(4-6-16)7-10-24-18(26)15-8-11-25(12-9-15)19(27)17-2-1-13-28-17/h1-6,13,15H,7-12H2,(H,24,26). The number of piperidine rings is 1. The molecule has 0 spiro atoms. The molecule has 0 unspecified atom stereocenters. The lowest BCUT2D eigenvalue weighted by Gasteiger charge is -2.30. The highest BCUT2D eigenvalue weighted by Gasteiger charge is 2.30. The van der Waals surface area contributed by atoms with Gasteiger partial charge in [-0.3, -0.25) is 9.59 Å². The van der Waals surface area contributed by atoms with Crippen molar-refractivity contribution in [2.24, 2.45) is 5.92 Å². The van der Waals surface area contributed by atoms with E-state index < -0.39 is 11.7 Å². The SMILES string of the molecule is O=C(NCCc1ccc(C(F)(F)F)cc1)C1CCN(C(=O)c2ccco2)CC1. The highest BCUT2D eigenvalue weighted by atomic mass is 19.4. The molecule has 0 radical (unpaired) electrons. The number of nitrogens with zero attached hydrogens (tertiary/aromatic N) is 1. The molecular weight excluding hydrogens is 373 g/mol. The molecule has 0 aliphatic carbocycles. The molecule has 0 atom stereocenters. The van der Waals surface area contributed by atoms with Gasteiger partial charge >= 0.3 is 6.18 Å². The Morgan fingerprint density at radius 2 is 1.79 bits per heavy atom. The van der Waals surface area contributed by atoms with Crippen LogP contribution in [0.25, 0.3) is 0 Å². The minimum atomic E-state index is -4.35. The number of furan rings is 1. The molecular formula is C20H21F3N2O3. The van der Waals surface area contributed by atoms with E-state index >= 15 is 0 Å². The van der Waals surface area contributed by atoms with E-state index in [0.29, 0.717) is 44.7 Å². The molecule has 2 heterocycles. The van der Waals surface area contributed by atoms with E-state index in [1.807, 2.05) is 0 Å². The van der Waals surface area contributed by atoms with E-state index in [0.717, 1.165) is 17.7 Å². The van der Waals surface area contributed by atoms with E-state index in [1.165, 1.54) is 18.4 Å². The van der Waals surface area contributed by atoms with Crippen LogP contribution in [0.2, 0.25) is 0 Å². The van der Waals surface area contributed by atoms with E-state index in [2.05, 4.69) is 5.32 Å². The molecule has 5 nitrogen and oxygen atoms in total. The number of halogens is 3. The second-order valence-corrected chi connectivity index (χ2v) is 6.78. The Balaban J connectivity index is 1.41. The third kappa shape index (κ3) is 4.94. The van der Waals surface area contributed by atoms with Gasteiger partial charge in [0.1, 0.15) is 0 Å². The minimum absolute atomic E-state index is 0.0861. The van der Waals surface area contributed by atoms with Crippen molar-refractivity contribution in [3.8, 4) is 0 Å². The van der Waals surface area contributed by atoms with Gasteiger partial charge in [0.25, 0.3) is 5.91 Å². The summed E-state index contributed by atoms with van der Waals surface area (Å²) in [6, 6.07) is 8.21. The largest absolute Gasteiger partial charge is 0.459 e. The van der Waals surface area contributed by atoms with Crippen LogP contribution in [0.15, 0.2) is 47.1 Å². The summed E-state index contributed by atoms with van der Waals surface area (Å²) in [5.74, 6) is -0.143. The van der Waals surface area contributed by atoms with E-state index in [4.69, 9.17) is 4.42 Å². The molecule has 3 rings (SSSR count). The van der Waals surface area contributed by atoms with Gasteiger partial charge in [0.05, 0.1) is 11.8 Å². The number of rotatable bonds is 5. The number of alkyl halides is 3. The zero-order valence-electron chi connectivity index (χ0n) is 15.2. The lowest BCUT2D eigenvalue weighted by molar-refractivity contribution is -0.137. The number of amides is 2. The molecule has 1 aliphatic rings. The first-order valence-corrected chi connectivity index (χ1v) is 9.11. The summed E-state index contributed by atoms with van der Waals surface area (Å²) in [5, 5.41) is 2.83. The molecule has 0 saturated carbocycles. The van der Waals surface area contributed by atoms with Crippen LogP contribution in [0.5, 0.6) is 0 Å². The van der Waals surface area contributed by atoms with Crippen molar-refractivity contribution in [3.63, 3.8) is 0 Å². The molecule has 1 aromatic carbocycles. The third-order valence-corrected chi connectivity index (χ3v) is 4.88. The monoisotopic (exact) mass is 394 g/mol. The zero-order chi connectivity index (χ0) is 20.1. The number of benzene rings is 1. The van der Waals surface area contributed by atoms with Gasteiger partial charge in [0, 0.05) is 25.6 Å². The fourth-order valence-electron chi connectivity index (χ4n) is 3.24. The Hall–Kier alpha value is -2.77. The van der Waals surface area contributed by atoms with Crippen molar-refractivity contribution in [1.29, 1.82) is 0 Å². The van der Waals surface area contributed by atoms with Crippen molar-refractivity contribution in [2.45, 2.75) is 25.4 Å². The maximum Gasteiger partial charge on any atom is 0.416 e. The molecule has 0 bridgehead atoms. The van der Waals surface area contributed by atoms with Gasteiger partial charge in [-0.1, -0.05) is 12.1 Å². The molecule has 2 aromatic rings. The van der Waals surface area contributed by atoms with Gasteiger partial charge < -0.3 is 14.6 Å². The Bertz CT molecular complexity index is 793. The van der Waals surface area contributed by atoms with Gasteiger partial charge in [-0.05, 0) is 49.1 Å². The first kappa shape index (κ1) is 20.0. The van der Waals surface area contributed by atoms with Crippen LogP contribution in [-0.4, -0.2) is 36.3 Å². The maximum atomic E-state index is 12.6. The van der Waals surface area contributed by atoms with Crippen molar-refractivity contribution in [2.75, 3.05) is 19.6 Å². The Morgan fingerprint density at radius 1 is 1.11 bits per heavy atom. The Labute approximate surface area is 160 Å². The Morgan fingerprint density at radius 3 is 2.36 bits per heavy atom. The average molecular weight is 394 g/mol. The molecule has 1 fully saturated rings. The van der Waals surface area contributed by atoms with E-state index in [1.54, 1.807) is 17.0 Å². The molecule has 150 valence electrons. The van der Waals surface area contributed by atoms with Crippen LogP contribution < -0.4 is 5.32 Å². The third-order valence-electron chi connectivity index (χ3n) is 4.88. The number of carbonyl (C=O) groups excluding carboxylic acids is 2. The molecule has 1 aliphatic heterocycles. The van der Waals surface area contributed by atoms with Crippen LogP contribution in [0, 0.1) is 5.92 Å². The summed E-state index contributed by atoms with van der Waals surface area (Å²) in [4.78, 5) is 26.2. The zero-order valence-corrected chi connectivity index (χ0v) is 15.2. The highest BCUT2D eigenvalue weighted by Crippen LogP contribution is 2.29. The quantitative estimate of drug-likeness (QED) is 0.844. The second-order valence-electron chi connectivity index (χ2n) is 6.78. The summed E-state index contributed by atoms with van der Waals surface area (Å²) in [5.41, 5.74) is 0.0447. The predicted octanol–water partition coefficient (Wildman–Crippen LogP) is 3.51. The predicted molar refractivity (Wildman–Crippen MR) is 95.5 cm³/mol. The van der Waals surface area contributed by atoms with Crippen molar-refractivity contribution in [3.05, 3.63) is 59.5 Å². The van der Waals surface area contributed by atoms with Crippen LogP contribution in [0.4, 0.5) is 13.2 Å². The van der Waals surface area contributed by atoms with Crippen LogP contribution in [0.1, 0.15) is 34.5 Å². The lowest BCUT2D eigenvalue weighted by atomic mass is 9.95. The summed E-state index contributed by atoms with van der Waals surface area (Å²) in [6.45, 7) is 1.32. The summed E-state index contributed by atoms with van der Waals surface area (Å²) in [7, 11) is 0. The lowest BCUT2D eigenvalue weighted by Crippen LogP contribution is -2.43. The minimum Gasteiger partial charge on any atom is -0.459 e. The van der Waals surface area contributed by atoms with Crippen LogP contribution >= 0.6 is 0 Å². The van der Waals surface area contributed by atoms with Gasteiger partial charge in [-0.25, -0.2) is 0 Å². The summed E-state index contributed by atoms with van der Waals surface area (Å²) >= 11 is 0. The molecule has 1 N–H and O–H groups in total. The summed E-state index contributed by atoms with van der Waals surface area (Å²) < 4.78 is 42.8. The molecule has 1 saturated heterocycles. The first-order chi connectivity index (χ1) is 13.3. The smallest absolute Gasteiger partial charge is 0.416 e. The fraction of sp³-hybridized carbons (Fsp3) is 0.400. The van der Waals surface area contributed by atoms with E-state index in [-0.39, 0.29) is 17.7 Å². The molecule has 28 heavy (non-hydrogen) atoms. The van der Waals surface area contributed by atoms with E-state index in [9.17, 15) is 22.8 Å². The molecule has 1 aromatic heterocycles. The number of hydrogen-bond acceptors (Lipinski definition) is 3. The van der Waals surface area contributed by atoms with Crippen molar-refractivity contribution >= 4 is 11.8 Å². The van der Waals surface area contributed by atoms with Crippen LogP contribution in [-0.2, 0) is 17.4 Å². The summed E-state index contributed by atoms with van der Waals surface area (Å²) in [6.07, 6.45) is -1.30. The average Bonchev–Trinajstić information content (AvgIpc) is 3.22. The Kier molecular flexibility index (Phi) is 6.06. The number of hydrogen-bond donors (Lipinski definition) is 1. The molecule has 2 amide bonds. The molecule has 8 heteroatoms. The topological polar surface area (TPSA) is 62.6 Å². The van der Waals surface area contributed by atoms with Crippen LogP contribution in [0.3, 0.4) is 0 Å². The van der Waals surface area contributed by atoms with Crippen molar-refractivity contribution < 1.29 is 27.2 Å². The first-order valence-electron chi connectivity index (χ1n) is 9.11. The fourth-order valence-corrected chi connectivity index (χ4v) is 3.24. The van der Waals surface area contributed by atoms with Crippen molar-refractivity contribution in [1.82, 2.24) is 10.2 Å². The van der Waals surface area contributed by atoms with Gasteiger partial charge in [0.15, 0.2) is 5.76 Å². The van der Waals surface area contributed by atoms with Gasteiger partial charge in [-0.15, -0.1) is 0 Å². The second kappa shape index (κ2) is 8.50. The maximum absolute atomic E-state index is 12.6.